The van der Waals surface area contributed by atoms with Gasteiger partial charge < -0.3 is 10.6 Å². The van der Waals surface area contributed by atoms with Gasteiger partial charge in [-0.3, -0.25) is 9.59 Å². The molecule has 0 atom stereocenters. The molecule has 0 aromatic heterocycles. The molecule has 22 heavy (non-hydrogen) atoms. The third kappa shape index (κ3) is 5.88. The maximum Gasteiger partial charge on any atom is 0.233 e. The molecule has 0 spiro atoms. The van der Waals surface area contributed by atoms with Crippen LogP contribution < -0.4 is 10.6 Å². The fourth-order valence-corrected chi connectivity index (χ4v) is 2.34. The highest BCUT2D eigenvalue weighted by molar-refractivity contribution is 6.04. The van der Waals surface area contributed by atoms with E-state index in [1.54, 1.807) is 0 Å². The first-order valence-corrected chi connectivity index (χ1v) is 8.11. The largest absolute Gasteiger partial charge is 0.356 e. The number of amides is 2. The predicted molar refractivity (Wildman–Crippen MR) is 91.0 cm³/mol. The number of nitrogens with one attached hydrogen (secondary N) is 2. The second kappa shape index (κ2) is 9.23. The third-order valence-electron chi connectivity index (χ3n) is 3.62. The van der Waals surface area contributed by atoms with Crippen LogP contribution in [0.4, 0.5) is 5.69 Å². The topological polar surface area (TPSA) is 58.2 Å². The number of rotatable bonds is 8. The molecule has 122 valence electrons. The minimum Gasteiger partial charge on any atom is -0.356 e. The van der Waals surface area contributed by atoms with Gasteiger partial charge in [-0.1, -0.05) is 51.8 Å². The molecule has 0 aliphatic rings. The zero-order chi connectivity index (χ0) is 16.5. The lowest BCUT2D eigenvalue weighted by atomic mass is 9.98. The van der Waals surface area contributed by atoms with Crippen LogP contribution in [0.5, 0.6) is 0 Å². The van der Waals surface area contributed by atoms with Gasteiger partial charge in [0.05, 0.1) is 0 Å². The van der Waals surface area contributed by atoms with Gasteiger partial charge >= 0.3 is 0 Å². The van der Waals surface area contributed by atoms with Crippen LogP contribution in [0.3, 0.4) is 0 Å². The first-order valence-electron chi connectivity index (χ1n) is 8.11. The van der Waals surface area contributed by atoms with Crippen molar-refractivity contribution in [1.82, 2.24) is 5.32 Å². The molecule has 2 amide bonds. The van der Waals surface area contributed by atoms with E-state index in [1.807, 2.05) is 25.1 Å². The fraction of sp³-hybridized carbons (Fsp3) is 0.556. The van der Waals surface area contributed by atoms with E-state index >= 15 is 0 Å². The molecule has 0 bridgehead atoms. The average molecular weight is 304 g/mol. The third-order valence-corrected chi connectivity index (χ3v) is 3.62. The zero-order valence-electron chi connectivity index (χ0n) is 14.2. The molecule has 1 aromatic carbocycles. The zero-order valence-corrected chi connectivity index (χ0v) is 14.2. The smallest absolute Gasteiger partial charge is 0.233 e. The van der Waals surface area contributed by atoms with Gasteiger partial charge in [0.25, 0.3) is 0 Å². The van der Waals surface area contributed by atoms with Crippen molar-refractivity contribution >= 4 is 17.5 Å². The number of aryl methyl sites for hydroxylation is 1. The summed E-state index contributed by atoms with van der Waals surface area (Å²) < 4.78 is 0. The highest BCUT2D eigenvalue weighted by Gasteiger charge is 2.14. The first-order chi connectivity index (χ1) is 10.5. The van der Waals surface area contributed by atoms with Gasteiger partial charge in [0.15, 0.2) is 0 Å². The molecule has 4 heteroatoms. The lowest BCUT2D eigenvalue weighted by Gasteiger charge is -2.16. The SMILES string of the molecule is CCCCCNC(=O)CC(=O)Nc1c(C)cccc1C(C)C. The number of unbranched alkanes of at least 4 members (excludes halogenated alkanes) is 2. The van der Waals surface area contributed by atoms with Crippen molar-refractivity contribution in [2.24, 2.45) is 0 Å². The molecule has 0 aliphatic heterocycles. The summed E-state index contributed by atoms with van der Waals surface area (Å²) in [6, 6.07) is 5.96. The van der Waals surface area contributed by atoms with E-state index < -0.39 is 0 Å². The summed E-state index contributed by atoms with van der Waals surface area (Å²) in [6.07, 6.45) is 3.03. The molecule has 0 saturated carbocycles. The van der Waals surface area contributed by atoms with E-state index in [1.165, 1.54) is 0 Å². The van der Waals surface area contributed by atoms with Crippen LogP contribution >= 0.6 is 0 Å². The van der Waals surface area contributed by atoms with Crippen molar-refractivity contribution in [3.05, 3.63) is 29.3 Å². The number of para-hydroxylation sites is 1. The van der Waals surface area contributed by atoms with E-state index in [2.05, 4.69) is 31.4 Å². The quantitative estimate of drug-likeness (QED) is 0.567. The summed E-state index contributed by atoms with van der Waals surface area (Å²) in [4.78, 5) is 23.8. The van der Waals surface area contributed by atoms with Gasteiger partial charge in [-0.15, -0.1) is 0 Å². The van der Waals surface area contributed by atoms with Gasteiger partial charge in [-0.25, -0.2) is 0 Å². The number of carbonyl (C=O) groups excluding carboxylic acids is 2. The van der Waals surface area contributed by atoms with Crippen molar-refractivity contribution in [2.75, 3.05) is 11.9 Å². The predicted octanol–water partition coefficient (Wildman–Crippen LogP) is 3.75. The lowest BCUT2D eigenvalue weighted by molar-refractivity contribution is -0.126. The van der Waals surface area contributed by atoms with Crippen LogP contribution in [-0.4, -0.2) is 18.4 Å². The average Bonchev–Trinajstić information content (AvgIpc) is 2.45. The van der Waals surface area contributed by atoms with E-state index in [-0.39, 0.29) is 18.2 Å². The molecule has 0 heterocycles. The summed E-state index contributed by atoms with van der Waals surface area (Å²) in [7, 11) is 0. The Morgan fingerprint density at radius 1 is 1.14 bits per heavy atom. The summed E-state index contributed by atoms with van der Waals surface area (Å²) in [5, 5.41) is 5.68. The monoisotopic (exact) mass is 304 g/mol. The number of hydrogen-bond acceptors (Lipinski definition) is 2. The van der Waals surface area contributed by atoms with Crippen molar-refractivity contribution in [3.63, 3.8) is 0 Å². The van der Waals surface area contributed by atoms with Crippen LogP contribution in [0, 0.1) is 6.92 Å². The Labute approximate surface area is 133 Å². The minimum atomic E-state index is -0.260. The molecular weight excluding hydrogens is 276 g/mol. The molecule has 0 fully saturated rings. The van der Waals surface area contributed by atoms with Crippen molar-refractivity contribution in [1.29, 1.82) is 0 Å². The molecule has 0 radical (unpaired) electrons. The summed E-state index contributed by atoms with van der Waals surface area (Å²) in [5.74, 6) is -0.157. The molecule has 1 rings (SSSR count). The lowest BCUT2D eigenvalue weighted by Crippen LogP contribution is -2.29. The van der Waals surface area contributed by atoms with Gasteiger partial charge in [-0.2, -0.15) is 0 Å². The molecule has 4 nitrogen and oxygen atoms in total. The fourth-order valence-electron chi connectivity index (χ4n) is 2.34. The molecule has 0 unspecified atom stereocenters. The van der Waals surface area contributed by atoms with Crippen LogP contribution in [0.15, 0.2) is 18.2 Å². The highest BCUT2D eigenvalue weighted by atomic mass is 16.2. The van der Waals surface area contributed by atoms with Crippen molar-refractivity contribution < 1.29 is 9.59 Å². The molecular formula is C18H28N2O2. The number of anilines is 1. The van der Waals surface area contributed by atoms with Crippen LogP contribution in [0.2, 0.25) is 0 Å². The van der Waals surface area contributed by atoms with Crippen molar-refractivity contribution in [2.45, 2.75) is 59.3 Å². The van der Waals surface area contributed by atoms with Gasteiger partial charge in [0.1, 0.15) is 6.42 Å². The molecule has 0 saturated heterocycles. The van der Waals surface area contributed by atoms with Gasteiger partial charge in [0.2, 0.25) is 11.8 Å². The molecule has 2 N–H and O–H groups in total. The standard InChI is InChI=1S/C18H28N2O2/c1-5-6-7-11-19-16(21)12-17(22)20-18-14(4)9-8-10-15(18)13(2)3/h8-10,13H,5-7,11-12H2,1-4H3,(H,19,21)(H,20,22). The van der Waals surface area contributed by atoms with Crippen LogP contribution in [0.1, 0.15) is 63.5 Å². The van der Waals surface area contributed by atoms with Gasteiger partial charge in [-0.05, 0) is 30.4 Å². The maximum absolute atomic E-state index is 12.1. The maximum atomic E-state index is 12.1. The Kier molecular flexibility index (Phi) is 7.64. The number of benzene rings is 1. The van der Waals surface area contributed by atoms with E-state index in [0.29, 0.717) is 12.5 Å². The number of carbonyl (C=O) groups is 2. The first kappa shape index (κ1) is 18.2. The van der Waals surface area contributed by atoms with Crippen molar-refractivity contribution in [3.8, 4) is 0 Å². The molecule has 0 aliphatic carbocycles. The van der Waals surface area contributed by atoms with Crippen LogP contribution in [-0.2, 0) is 9.59 Å². The second-order valence-corrected chi connectivity index (χ2v) is 5.98. The Morgan fingerprint density at radius 3 is 2.50 bits per heavy atom. The Hall–Kier alpha value is -1.84. The summed E-state index contributed by atoms with van der Waals surface area (Å²) in [5.41, 5.74) is 2.95. The summed E-state index contributed by atoms with van der Waals surface area (Å²) >= 11 is 0. The van der Waals surface area contributed by atoms with E-state index in [9.17, 15) is 9.59 Å². The normalized spacial score (nSPS) is 10.6. The second-order valence-electron chi connectivity index (χ2n) is 5.98. The Bertz CT molecular complexity index is 510. The molecule has 1 aromatic rings. The van der Waals surface area contributed by atoms with E-state index in [4.69, 9.17) is 0 Å². The van der Waals surface area contributed by atoms with E-state index in [0.717, 1.165) is 36.1 Å². The summed E-state index contributed by atoms with van der Waals surface area (Å²) in [6.45, 7) is 8.90. The van der Waals surface area contributed by atoms with Crippen LogP contribution in [0.25, 0.3) is 0 Å². The Morgan fingerprint density at radius 2 is 1.86 bits per heavy atom. The minimum absolute atomic E-state index is 0.127. The highest BCUT2D eigenvalue weighted by Crippen LogP contribution is 2.27. The Balaban J connectivity index is 2.57. The number of hydrogen-bond donors (Lipinski definition) is 2. The van der Waals surface area contributed by atoms with Gasteiger partial charge in [0, 0.05) is 12.2 Å².